The minimum Gasteiger partial charge on any atom is -0.294 e. The zero-order valence-electron chi connectivity index (χ0n) is 9.14. The molecule has 0 saturated heterocycles. The largest absolute Gasteiger partial charge is 0.294 e. The second-order valence-corrected chi connectivity index (χ2v) is 4.45. The molecule has 0 aliphatic heterocycles. The molecule has 1 aromatic rings. The zero-order chi connectivity index (χ0) is 11.1. The van der Waals surface area contributed by atoms with E-state index in [0.717, 1.165) is 18.4 Å². The SMILES string of the molecule is CC(=O)c1cccc2c1C(C)(F)CCC2. The first kappa shape index (κ1) is 10.3. The van der Waals surface area contributed by atoms with Gasteiger partial charge in [0.2, 0.25) is 0 Å². The summed E-state index contributed by atoms with van der Waals surface area (Å²) in [6, 6.07) is 5.50. The van der Waals surface area contributed by atoms with E-state index in [0.29, 0.717) is 17.5 Å². The predicted molar refractivity (Wildman–Crippen MR) is 57.8 cm³/mol. The first-order valence-electron chi connectivity index (χ1n) is 5.34. The van der Waals surface area contributed by atoms with Crippen LogP contribution in [0.2, 0.25) is 0 Å². The topological polar surface area (TPSA) is 17.1 Å². The van der Waals surface area contributed by atoms with E-state index >= 15 is 0 Å². The van der Waals surface area contributed by atoms with Gasteiger partial charge in [-0.05, 0) is 38.7 Å². The highest BCUT2D eigenvalue weighted by atomic mass is 19.1. The van der Waals surface area contributed by atoms with E-state index in [-0.39, 0.29) is 5.78 Å². The Bertz CT molecular complexity index is 407. The van der Waals surface area contributed by atoms with Gasteiger partial charge in [0, 0.05) is 11.1 Å². The minimum absolute atomic E-state index is 0.0439. The maximum atomic E-state index is 14.3. The van der Waals surface area contributed by atoms with Crippen LogP contribution in [0.3, 0.4) is 0 Å². The molecular formula is C13H15FO. The van der Waals surface area contributed by atoms with Crippen LogP contribution in [-0.2, 0) is 12.1 Å². The highest BCUT2D eigenvalue weighted by Gasteiger charge is 2.34. The first-order chi connectivity index (χ1) is 7.02. The standard InChI is InChI=1S/C13H15FO/c1-9(15)11-7-3-5-10-6-4-8-13(2,14)12(10)11/h3,5,7H,4,6,8H2,1-2H3. The van der Waals surface area contributed by atoms with Gasteiger partial charge in [-0.1, -0.05) is 18.2 Å². The van der Waals surface area contributed by atoms with Crippen molar-refractivity contribution in [2.24, 2.45) is 0 Å². The van der Waals surface area contributed by atoms with Gasteiger partial charge in [0.05, 0.1) is 0 Å². The summed E-state index contributed by atoms with van der Waals surface area (Å²) >= 11 is 0. The van der Waals surface area contributed by atoms with Crippen molar-refractivity contribution in [3.05, 3.63) is 34.9 Å². The van der Waals surface area contributed by atoms with E-state index in [9.17, 15) is 9.18 Å². The van der Waals surface area contributed by atoms with Gasteiger partial charge in [-0.3, -0.25) is 4.79 Å². The molecule has 0 N–H and O–H groups in total. The van der Waals surface area contributed by atoms with Crippen molar-refractivity contribution in [1.82, 2.24) is 0 Å². The summed E-state index contributed by atoms with van der Waals surface area (Å²) in [5.41, 5.74) is 0.843. The highest BCUT2D eigenvalue weighted by molar-refractivity contribution is 5.96. The molecule has 1 aliphatic rings. The molecule has 1 atom stereocenters. The zero-order valence-corrected chi connectivity index (χ0v) is 9.14. The van der Waals surface area contributed by atoms with Crippen LogP contribution in [0.4, 0.5) is 4.39 Å². The molecule has 80 valence electrons. The number of benzene rings is 1. The van der Waals surface area contributed by atoms with Crippen LogP contribution in [0.1, 0.15) is 48.2 Å². The van der Waals surface area contributed by atoms with Crippen molar-refractivity contribution < 1.29 is 9.18 Å². The highest BCUT2D eigenvalue weighted by Crippen LogP contribution is 2.40. The normalized spacial score (nSPS) is 24.7. The molecule has 0 fully saturated rings. The van der Waals surface area contributed by atoms with Crippen LogP contribution in [-0.4, -0.2) is 5.78 Å². The molecule has 2 rings (SSSR count). The monoisotopic (exact) mass is 206 g/mol. The summed E-state index contributed by atoms with van der Waals surface area (Å²) in [6.45, 7) is 3.08. The van der Waals surface area contributed by atoms with Gasteiger partial charge < -0.3 is 0 Å². The number of ketones is 1. The molecule has 0 aromatic heterocycles. The Labute approximate surface area is 89.3 Å². The first-order valence-corrected chi connectivity index (χ1v) is 5.34. The Morgan fingerprint density at radius 3 is 2.87 bits per heavy atom. The Morgan fingerprint density at radius 2 is 2.20 bits per heavy atom. The third-order valence-electron chi connectivity index (χ3n) is 3.14. The lowest BCUT2D eigenvalue weighted by Gasteiger charge is -2.30. The van der Waals surface area contributed by atoms with Crippen LogP contribution in [0, 0.1) is 0 Å². The van der Waals surface area contributed by atoms with E-state index in [1.165, 1.54) is 6.92 Å². The number of halogens is 1. The molecule has 1 nitrogen and oxygen atoms in total. The maximum absolute atomic E-state index is 14.3. The van der Waals surface area contributed by atoms with Gasteiger partial charge in [0.1, 0.15) is 5.67 Å². The Hall–Kier alpha value is -1.18. The lowest BCUT2D eigenvalue weighted by atomic mass is 9.78. The van der Waals surface area contributed by atoms with Crippen molar-refractivity contribution in [3.8, 4) is 0 Å². The summed E-state index contributed by atoms with van der Waals surface area (Å²) in [7, 11) is 0. The Balaban J connectivity index is 2.65. The molecule has 0 bridgehead atoms. The lowest BCUT2D eigenvalue weighted by Crippen LogP contribution is -2.25. The quantitative estimate of drug-likeness (QED) is 0.643. The van der Waals surface area contributed by atoms with Crippen LogP contribution in [0.5, 0.6) is 0 Å². The van der Waals surface area contributed by atoms with E-state index in [2.05, 4.69) is 0 Å². The molecule has 15 heavy (non-hydrogen) atoms. The van der Waals surface area contributed by atoms with Crippen molar-refractivity contribution in [1.29, 1.82) is 0 Å². The van der Waals surface area contributed by atoms with E-state index in [4.69, 9.17) is 0 Å². The fourth-order valence-electron chi connectivity index (χ4n) is 2.45. The number of hydrogen-bond donors (Lipinski definition) is 0. The van der Waals surface area contributed by atoms with Gasteiger partial charge in [0.15, 0.2) is 5.78 Å². The third kappa shape index (κ3) is 1.69. The molecule has 0 heterocycles. The van der Waals surface area contributed by atoms with Crippen molar-refractivity contribution in [3.63, 3.8) is 0 Å². The summed E-state index contributed by atoms with van der Waals surface area (Å²) in [4.78, 5) is 11.4. The third-order valence-corrected chi connectivity index (χ3v) is 3.14. The Morgan fingerprint density at radius 1 is 1.47 bits per heavy atom. The van der Waals surface area contributed by atoms with Crippen molar-refractivity contribution in [2.75, 3.05) is 0 Å². The molecule has 0 radical (unpaired) electrons. The lowest BCUT2D eigenvalue weighted by molar-refractivity contribution is 0.0999. The molecular weight excluding hydrogens is 191 g/mol. The summed E-state index contributed by atoms with van der Waals surface area (Å²) in [6.07, 6.45) is 2.27. The number of rotatable bonds is 1. The minimum atomic E-state index is -1.34. The second-order valence-electron chi connectivity index (χ2n) is 4.45. The van der Waals surface area contributed by atoms with Crippen molar-refractivity contribution >= 4 is 5.78 Å². The van der Waals surface area contributed by atoms with Gasteiger partial charge in [-0.15, -0.1) is 0 Å². The molecule has 1 unspecified atom stereocenters. The van der Waals surface area contributed by atoms with E-state index < -0.39 is 5.67 Å². The molecule has 1 aliphatic carbocycles. The van der Waals surface area contributed by atoms with Gasteiger partial charge >= 0.3 is 0 Å². The van der Waals surface area contributed by atoms with Crippen molar-refractivity contribution in [2.45, 2.75) is 38.8 Å². The number of carbonyl (C=O) groups is 1. The van der Waals surface area contributed by atoms with E-state index in [1.807, 2.05) is 12.1 Å². The van der Waals surface area contributed by atoms with Crippen LogP contribution >= 0.6 is 0 Å². The predicted octanol–water partition coefficient (Wildman–Crippen LogP) is 3.41. The average Bonchev–Trinajstić information content (AvgIpc) is 2.16. The molecule has 1 aromatic carbocycles. The maximum Gasteiger partial charge on any atom is 0.160 e. The fraction of sp³-hybridized carbons (Fsp3) is 0.462. The summed E-state index contributed by atoms with van der Waals surface area (Å²) in [5, 5.41) is 0. The number of Topliss-reactive ketones (excluding diaryl/α,β-unsaturated/α-hetero) is 1. The molecule has 0 saturated carbocycles. The number of carbonyl (C=O) groups excluding carboxylic acids is 1. The summed E-state index contributed by atoms with van der Waals surface area (Å²) in [5.74, 6) is -0.0439. The van der Waals surface area contributed by atoms with Gasteiger partial charge in [-0.25, -0.2) is 4.39 Å². The molecule has 0 amide bonds. The van der Waals surface area contributed by atoms with Gasteiger partial charge in [-0.2, -0.15) is 0 Å². The smallest absolute Gasteiger partial charge is 0.160 e. The van der Waals surface area contributed by atoms with Crippen LogP contribution < -0.4 is 0 Å². The van der Waals surface area contributed by atoms with Crippen LogP contribution in [0.15, 0.2) is 18.2 Å². The van der Waals surface area contributed by atoms with Crippen LogP contribution in [0.25, 0.3) is 0 Å². The number of alkyl halides is 1. The molecule has 2 heteroatoms. The fourth-order valence-corrected chi connectivity index (χ4v) is 2.45. The number of aryl methyl sites for hydroxylation is 1. The number of hydrogen-bond acceptors (Lipinski definition) is 1. The molecule has 0 spiro atoms. The summed E-state index contributed by atoms with van der Waals surface area (Å²) < 4.78 is 14.3. The van der Waals surface area contributed by atoms with E-state index in [1.54, 1.807) is 13.0 Å². The number of fused-ring (bicyclic) bond motifs is 1. The Kier molecular flexibility index (Phi) is 2.37. The second kappa shape index (κ2) is 3.44. The van der Waals surface area contributed by atoms with Gasteiger partial charge in [0.25, 0.3) is 0 Å². The average molecular weight is 206 g/mol.